The van der Waals surface area contributed by atoms with E-state index in [9.17, 15) is 18.0 Å². The maximum atomic E-state index is 13.6. The quantitative estimate of drug-likeness (QED) is 0.321. The highest BCUT2D eigenvalue weighted by Gasteiger charge is 2.34. The van der Waals surface area contributed by atoms with Crippen LogP contribution in [0.2, 0.25) is 5.02 Å². The monoisotopic (exact) mass is 481 g/mol. The summed E-state index contributed by atoms with van der Waals surface area (Å²) in [6.45, 7) is 0.260. The lowest BCUT2D eigenvalue weighted by atomic mass is 10.0. The number of amides is 2. The van der Waals surface area contributed by atoms with Crippen LogP contribution in [0.1, 0.15) is 28.4 Å². The second-order valence-corrected chi connectivity index (χ2v) is 8.46. The molecule has 0 saturated carbocycles. The third-order valence-electron chi connectivity index (χ3n) is 5.85. The predicted molar refractivity (Wildman–Crippen MR) is 125 cm³/mol. The maximum Gasteiger partial charge on any atom is 0.416 e. The van der Waals surface area contributed by atoms with E-state index in [0.29, 0.717) is 5.02 Å². The summed E-state index contributed by atoms with van der Waals surface area (Å²) < 4.78 is 41.6. The molecule has 34 heavy (non-hydrogen) atoms. The largest absolute Gasteiger partial charge is 0.416 e. The standard InChI is InChI=1S/C26H19ClF3N3O/c27-20-12-10-17(11-13-20)24-23-9-4-14-32(23)22-8-2-1-5-18(22)16-33(24)25(34)31-21-7-3-6-19(15-21)26(28,29)30/h1-15,24H,16H2,(H,31,34). The average molecular weight is 482 g/mol. The Morgan fingerprint density at radius 3 is 2.47 bits per heavy atom. The van der Waals surface area contributed by atoms with E-state index in [1.54, 1.807) is 17.0 Å². The average Bonchev–Trinajstić information content (AvgIpc) is 3.24. The van der Waals surface area contributed by atoms with Crippen molar-refractivity contribution in [2.24, 2.45) is 0 Å². The van der Waals surface area contributed by atoms with Crippen LogP contribution in [0.15, 0.2) is 91.1 Å². The molecular weight excluding hydrogens is 463 g/mol. The number of nitrogens with one attached hydrogen (secondary N) is 1. The molecule has 1 unspecified atom stereocenters. The molecule has 3 aromatic carbocycles. The van der Waals surface area contributed by atoms with Crippen LogP contribution in [0.5, 0.6) is 0 Å². The number of carbonyl (C=O) groups is 1. The Hall–Kier alpha value is -3.71. The first kappa shape index (κ1) is 22.1. The molecule has 0 radical (unpaired) electrons. The SMILES string of the molecule is O=C(Nc1cccc(C(F)(F)F)c1)N1Cc2ccccc2-n2cccc2C1c1ccc(Cl)cc1. The highest BCUT2D eigenvalue weighted by atomic mass is 35.5. The van der Waals surface area contributed by atoms with Crippen molar-refractivity contribution >= 4 is 23.3 Å². The highest BCUT2D eigenvalue weighted by molar-refractivity contribution is 6.30. The van der Waals surface area contributed by atoms with Crippen molar-refractivity contribution in [3.05, 3.63) is 119 Å². The number of para-hydroxylation sites is 1. The molecule has 2 heterocycles. The van der Waals surface area contributed by atoms with E-state index < -0.39 is 23.8 Å². The molecule has 1 N–H and O–H groups in total. The smallest absolute Gasteiger partial charge is 0.318 e. The summed E-state index contributed by atoms with van der Waals surface area (Å²) in [5.41, 5.74) is 2.78. The number of carbonyl (C=O) groups excluding carboxylic acids is 1. The number of halogens is 4. The molecule has 5 rings (SSSR count). The minimum Gasteiger partial charge on any atom is -0.318 e. The third-order valence-corrected chi connectivity index (χ3v) is 6.10. The Labute approximate surface area is 199 Å². The van der Waals surface area contributed by atoms with Gasteiger partial charge in [-0.3, -0.25) is 0 Å². The van der Waals surface area contributed by atoms with Crippen molar-refractivity contribution in [1.82, 2.24) is 9.47 Å². The zero-order valence-electron chi connectivity index (χ0n) is 17.8. The zero-order chi connectivity index (χ0) is 23.9. The van der Waals surface area contributed by atoms with Crippen molar-refractivity contribution in [1.29, 1.82) is 0 Å². The number of fused-ring (bicyclic) bond motifs is 3. The fourth-order valence-electron chi connectivity index (χ4n) is 4.30. The lowest BCUT2D eigenvalue weighted by molar-refractivity contribution is -0.137. The minimum atomic E-state index is -4.51. The first-order valence-corrected chi connectivity index (χ1v) is 10.9. The van der Waals surface area contributed by atoms with Gasteiger partial charge in [-0.2, -0.15) is 13.2 Å². The fraction of sp³-hybridized carbons (Fsp3) is 0.115. The Balaban J connectivity index is 1.59. The molecule has 8 heteroatoms. The second kappa shape index (κ2) is 8.57. The van der Waals surface area contributed by atoms with E-state index in [4.69, 9.17) is 11.6 Å². The number of alkyl halides is 3. The molecule has 0 saturated heterocycles. The molecule has 0 fully saturated rings. The number of benzene rings is 3. The lowest BCUT2D eigenvalue weighted by Gasteiger charge is -2.31. The van der Waals surface area contributed by atoms with Gasteiger partial charge < -0.3 is 14.8 Å². The van der Waals surface area contributed by atoms with Gasteiger partial charge in [0.05, 0.1) is 23.8 Å². The number of rotatable bonds is 2. The minimum absolute atomic E-state index is 0.0718. The summed E-state index contributed by atoms with van der Waals surface area (Å²) in [6.07, 6.45) is -2.57. The molecular formula is C26H19ClF3N3O. The van der Waals surface area contributed by atoms with Gasteiger partial charge in [-0.05, 0) is 59.7 Å². The summed E-state index contributed by atoms with van der Waals surface area (Å²) in [7, 11) is 0. The van der Waals surface area contributed by atoms with Crippen LogP contribution in [0.3, 0.4) is 0 Å². The van der Waals surface area contributed by atoms with E-state index in [0.717, 1.165) is 34.6 Å². The number of nitrogens with zero attached hydrogens (tertiary/aromatic N) is 2. The Kier molecular flexibility index (Phi) is 5.57. The normalized spacial score (nSPS) is 15.3. The highest BCUT2D eigenvalue weighted by Crippen LogP contribution is 2.37. The molecule has 4 nitrogen and oxygen atoms in total. The summed E-state index contributed by atoms with van der Waals surface area (Å²) in [6, 6.07) is 22.4. The van der Waals surface area contributed by atoms with Gasteiger partial charge in [-0.25, -0.2) is 4.79 Å². The molecule has 2 amide bonds. The van der Waals surface area contributed by atoms with Crippen molar-refractivity contribution in [2.75, 3.05) is 5.32 Å². The van der Waals surface area contributed by atoms with E-state index in [2.05, 4.69) is 5.32 Å². The first-order chi connectivity index (χ1) is 16.3. The number of urea groups is 1. The van der Waals surface area contributed by atoms with Crippen molar-refractivity contribution < 1.29 is 18.0 Å². The van der Waals surface area contributed by atoms with Crippen LogP contribution in [0.25, 0.3) is 5.69 Å². The van der Waals surface area contributed by atoms with Crippen LogP contribution in [0.4, 0.5) is 23.7 Å². The van der Waals surface area contributed by atoms with Crippen molar-refractivity contribution in [3.63, 3.8) is 0 Å². The molecule has 1 aliphatic heterocycles. The van der Waals surface area contributed by atoms with Crippen LogP contribution in [-0.2, 0) is 12.7 Å². The number of hydrogen-bond donors (Lipinski definition) is 1. The maximum absolute atomic E-state index is 13.6. The summed E-state index contributed by atoms with van der Waals surface area (Å²) in [4.78, 5) is 15.2. The van der Waals surface area contributed by atoms with Gasteiger partial charge in [-0.1, -0.05) is 48.0 Å². The van der Waals surface area contributed by atoms with Gasteiger partial charge in [0.15, 0.2) is 0 Å². The molecule has 0 bridgehead atoms. The summed E-state index contributed by atoms with van der Waals surface area (Å²) >= 11 is 6.10. The number of aromatic nitrogens is 1. The Bertz CT molecular complexity index is 1350. The molecule has 172 valence electrons. The summed E-state index contributed by atoms with van der Waals surface area (Å²) in [5, 5.41) is 3.23. The van der Waals surface area contributed by atoms with Crippen LogP contribution in [0, 0.1) is 0 Å². The predicted octanol–water partition coefficient (Wildman–Crippen LogP) is 7.29. The van der Waals surface area contributed by atoms with Crippen LogP contribution < -0.4 is 5.32 Å². The van der Waals surface area contributed by atoms with Gasteiger partial charge in [-0.15, -0.1) is 0 Å². The molecule has 4 aromatic rings. The first-order valence-electron chi connectivity index (χ1n) is 10.6. The Morgan fingerprint density at radius 1 is 0.941 bits per heavy atom. The third kappa shape index (κ3) is 4.15. The van der Waals surface area contributed by atoms with E-state index in [1.807, 2.05) is 59.3 Å². The lowest BCUT2D eigenvalue weighted by Crippen LogP contribution is -2.38. The van der Waals surface area contributed by atoms with Crippen molar-refractivity contribution in [3.8, 4) is 5.69 Å². The van der Waals surface area contributed by atoms with Crippen LogP contribution in [-0.4, -0.2) is 15.5 Å². The van der Waals surface area contributed by atoms with Gasteiger partial charge in [0.2, 0.25) is 0 Å². The van der Waals surface area contributed by atoms with E-state index in [1.165, 1.54) is 12.1 Å². The molecule has 1 atom stereocenters. The number of anilines is 1. The van der Waals surface area contributed by atoms with Gasteiger partial charge in [0.1, 0.15) is 0 Å². The summed E-state index contributed by atoms with van der Waals surface area (Å²) in [5.74, 6) is 0. The van der Waals surface area contributed by atoms with E-state index >= 15 is 0 Å². The van der Waals surface area contributed by atoms with Crippen LogP contribution >= 0.6 is 11.6 Å². The Morgan fingerprint density at radius 2 is 1.71 bits per heavy atom. The topological polar surface area (TPSA) is 37.3 Å². The van der Waals surface area contributed by atoms with Gasteiger partial charge in [0, 0.05) is 22.6 Å². The zero-order valence-corrected chi connectivity index (χ0v) is 18.5. The van der Waals surface area contributed by atoms with Gasteiger partial charge >= 0.3 is 12.2 Å². The fourth-order valence-corrected chi connectivity index (χ4v) is 4.43. The van der Waals surface area contributed by atoms with Crippen molar-refractivity contribution in [2.45, 2.75) is 18.8 Å². The number of hydrogen-bond acceptors (Lipinski definition) is 1. The second-order valence-electron chi connectivity index (χ2n) is 8.02. The molecule has 1 aromatic heterocycles. The van der Waals surface area contributed by atoms with E-state index in [-0.39, 0.29) is 12.2 Å². The molecule has 1 aliphatic rings. The molecule has 0 spiro atoms. The van der Waals surface area contributed by atoms with Gasteiger partial charge in [0.25, 0.3) is 0 Å². The molecule has 0 aliphatic carbocycles.